The molecule has 2 rings (SSSR count). The highest BCUT2D eigenvalue weighted by Gasteiger charge is 2.06. The molecule has 96 valence electrons. The standard InChI is InChI=1S/C15H21N3/c1-3-10-18-11-9-16-15(18)12-17-13(2)14-7-5-4-6-8-14/h4-9,11,13,17H,3,10,12H2,1-2H3. The van der Waals surface area contributed by atoms with Crippen molar-refractivity contribution in [3.05, 3.63) is 54.1 Å². The van der Waals surface area contributed by atoms with Gasteiger partial charge in [-0.05, 0) is 18.9 Å². The molecule has 0 bridgehead atoms. The summed E-state index contributed by atoms with van der Waals surface area (Å²) in [5.74, 6) is 1.11. The third kappa shape index (κ3) is 3.20. The fourth-order valence-electron chi connectivity index (χ4n) is 2.06. The monoisotopic (exact) mass is 243 g/mol. The van der Waals surface area contributed by atoms with E-state index in [0.717, 1.165) is 25.3 Å². The largest absolute Gasteiger partial charge is 0.334 e. The van der Waals surface area contributed by atoms with Crippen LogP contribution in [-0.4, -0.2) is 9.55 Å². The Kier molecular flexibility index (Phi) is 4.53. The Bertz CT molecular complexity index is 462. The van der Waals surface area contributed by atoms with Crippen molar-refractivity contribution >= 4 is 0 Å². The average molecular weight is 243 g/mol. The molecular formula is C15H21N3. The molecule has 0 radical (unpaired) electrons. The number of aromatic nitrogens is 2. The van der Waals surface area contributed by atoms with Crippen molar-refractivity contribution in [3.63, 3.8) is 0 Å². The molecule has 0 saturated heterocycles. The molecule has 1 unspecified atom stereocenters. The molecule has 0 fully saturated rings. The van der Waals surface area contributed by atoms with Gasteiger partial charge in [-0.1, -0.05) is 37.3 Å². The van der Waals surface area contributed by atoms with Crippen LogP contribution < -0.4 is 5.32 Å². The highest BCUT2D eigenvalue weighted by molar-refractivity contribution is 5.18. The zero-order valence-electron chi connectivity index (χ0n) is 11.1. The van der Waals surface area contributed by atoms with Crippen LogP contribution in [-0.2, 0) is 13.1 Å². The Labute approximate surface area is 109 Å². The van der Waals surface area contributed by atoms with Gasteiger partial charge in [-0.3, -0.25) is 0 Å². The van der Waals surface area contributed by atoms with E-state index >= 15 is 0 Å². The van der Waals surface area contributed by atoms with Gasteiger partial charge in [-0.15, -0.1) is 0 Å². The third-order valence-corrected chi connectivity index (χ3v) is 3.13. The molecule has 1 N–H and O–H groups in total. The Balaban J connectivity index is 1.93. The second kappa shape index (κ2) is 6.36. The van der Waals surface area contributed by atoms with Crippen LogP contribution in [0, 0.1) is 0 Å². The summed E-state index contributed by atoms with van der Waals surface area (Å²) in [4.78, 5) is 4.40. The Morgan fingerprint density at radius 1 is 1.28 bits per heavy atom. The summed E-state index contributed by atoms with van der Waals surface area (Å²) < 4.78 is 2.21. The molecule has 1 atom stereocenters. The van der Waals surface area contributed by atoms with E-state index in [-0.39, 0.29) is 0 Å². The minimum absolute atomic E-state index is 0.345. The van der Waals surface area contributed by atoms with E-state index < -0.39 is 0 Å². The topological polar surface area (TPSA) is 29.9 Å². The van der Waals surface area contributed by atoms with Crippen molar-refractivity contribution in [1.29, 1.82) is 0 Å². The van der Waals surface area contributed by atoms with E-state index in [0.29, 0.717) is 6.04 Å². The smallest absolute Gasteiger partial charge is 0.122 e. The van der Waals surface area contributed by atoms with E-state index in [4.69, 9.17) is 0 Å². The van der Waals surface area contributed by atoms with Gasteiger partial charge in [0.2, 0.25) is 0 Å². The van der Waals surface area contributed by atoms with Gasteiger partial charge in [0.15, 0.2) is 0 Å². The summed E-state index contributed by atoms with van der Waals surface area (Å²) in [5.41, 5.74) is 1.31. The van der Waals surface area contributed by atoms with Crippen molar-refractivity contribution in [2.45, 2.75) is 39.4 Å². The molecule has 3 heteroatoms. The maximum atomic E-state index is 4.40. The molecule has 0 saturated carbocycles. The van der Waals surface area contributed by atoms with Crippen molar-refractivity contribution in [3.8, 4) is 0 Å². The zero-order chi connectivity index (χ0) is 12.8. The molecule has 0 aliphatic heterocycles. The molecule has 0 spiro atoms. The van der Waals surface area contributed by atoms with E-state index in [9.17, 15) is 0 Å². The third-order valence-electron chi connectivity index (χ3n) is 3.13. The normalized spacial score (nSPS) is 12.6. The van der Waals surface area contributed by atoms with Crippen molar-refractivity contribution in [2.75, 3.05) is 0 Å². The minimum Gasteiger partial charge on any atom is -0.334 e. The van der Waals surface area contributed by atoms with E-state index in [1.807, 2.05) is 18.5 Å². The van der Waals surface area contributed by atoms with Gasteiger partial charge in [-0.2, -0.15) is 0 Å². The highest BCUT2D eigenvalue weighted by atomic mass is 15.1. The number of benzene rings is 1. The molecule has 0 amide bonds. The van der Waals surface area contributed by atoms with Crippen molar-refractivity contribution in [2.24, 2.45) is 0 Å². The van der Waals surface area contributed by atoms with Gasteiger partial charge in [0.05, 0.1) is 6.54 Å². The zero-order valence-corrected chi connectivity index (χ0v) is 11.1. The second-order valence-electron chi connectivity index (χ2n) is 4.55. The molecule has 0 aliphatic rings. The summed E-state index contributed by atoms with van der Waals surface area (Å²) in [5, 5.41) is 3.52. The molecule has 1 aromatic carbocycles. The predicted molar refractivity (Wildman–Crippen MR) is 74.2 cm³/mol. The minimum atomic E-state index is 0.345. The number of aryl methyl sites for hydroxylation is 1. The van der Waals surface area contributed by atoms with Crippen LogP contribution in [0.2, 0.25) is 0 Å². The number of hydrogen-bond acceptors (Lipinski definition) is 2. The van der Waals surface area contributed by atoms with Crippen molar-refractivity contribution < 1.29 is 0 Å². The van der Waals surface area contributed by atoms with Gasteiger partial charge in [0.1, 0.15) is 5.82 Å². The summed E-state index contributed by atoms with van der Waals surface area (Å²) in [6.45, 7) is 6.21. The van der Waals surface area contributed by atoms with Crippen LogP contribution in [0.25, 0.3) is 0 Å². The summed E-state index contributed by atoms with van der Waals surface area (Å²) >= 11 is 0. The lowest BCUT2D eigenvalue weighted by Gasteiger charge is -2.14. The Hall–Kier alpha value is -1.61. The first-order valence-corrected chi connectivity index (χ1v) is 6.59. The predicted octanol–water partition coefficient (Wildman–Crippen LogP) is 3.14. The lowest BCUT2D eigenvalue weighted by molar-refractivity contribution is 0.532. The summed E-state index contributed by atoms with van der Waals surface area (Å²) in [6.07, 6.45) is 5.06. The fraction of sp³-hybridized carbons (Fsp3) is 0.400. The van der Waals surface area contributed by atoms with Crippen LogP contribution in [0.4, 0.5) is 0 Å². The van der Waals surface area contributed by atoms with E-state index in [1.54, 1.807) is 0 Å². The first kappa shape index (κ1) is 12.8. The Morgan fingerprint density at radius 2 is 2.06 bits per heavy atom. The number of hydrogen-bond donors (Lipinski definition) is 1. The van der Waals surface area contributed by atoms with Crippen LogP contribution >= 0.6 is 0 Å². The maximum Gasteiger partial charge on any atom is 0.122 e. The molecule has 3 nitrogen and oxygen atoms in total. The quantitative estimate of drug-likeness (QED) is 0.844. The Morgan fingerprint density at radius 3 is 2.78 bits per heavy atom. The lowest BCUT2D eigenvalue weighted by Crippen LogP contribution is -2.20. The number of nitrogens with one attached hydrogen (secondary N) is 1. The summed E-state index contributed by atoms with van der Waals surface area (Å²) in [6, 6.07) is 10.8. The molecule has 1 heterocycles. The van der Waals surface area contributed by atoms with Crippen LogP contribution in [0.5, 0.6) is 0 Å². The van der Waals surface area contributed by atoms with Gasteiger partial charge in [0.25, 0.3) is 0 Å². The van der Waals surface area contributed by atoms with Gasteiger partial charge in [-0.25, -0.2) is 4.98 Å². The van der Waals surface area contributed by atoms with E-state index in [2.05, 4.69) is 53.0 Å². The maximum absolute atomic E-state index is 4.40. The van der Waals surface area contributed by atoms with E-state index in [1.165, 1.54) is 5.56 Å². The number of rotatable bonds is 6. The van der Waals surface area contributed by atoms with Gasteiger partial charge in [0, 0.05) is 25.0 Å². The molecule has 18 heavy (non-hydrogen) atoms. The van der Waals surface area contributed by atoms with Gasteiger partial charge < -0.3 is 9.88 Å². The highest BCUT2D eigenvalue weighted by Crippen LogP contribution is 2.12. The molecular weight excluding hydrogens is 222 g/mol. The van der Waals surface area contributed by atoms with Crippen LogP contribution in [0.3, 0.4) is 0 Å². The molecule has 0 aliphatic carbocycles. The number of nitrogens with zero attached hydrogens (tertiary/aromatic N) is 2. The lowest BCUT2D eigenvalue weighted by atomic mass is 10.1. The first-order chi connectivity index (χ1) is 8.81. The second-order valence-corrected chi connectivity index (χ2v) is 4.55. The number of imidazole rings is 1. The molecule has 1 aromatic heterocycles. The van der Waals surface area contributed by atoms with Gasteiger partial charge >= 0.3 is 0 Å². The fourth-order valence-corrected chi connectivity index (χ4v) is 2.06. The SMILES string of the molecule is CCCn1ccnc1CNC(C)c1ccccc1. The first-order valence-electron chi connectivity index (χ1n) is 6.59. The van der Waals surface area contributed by atoms with Crippen LogP contribution in [0.1, 0.15) is 37.7 Å². The van der Waals surface area contributed by atoms with Crippen LogP contribution in [0.15, 0.2) is 42.7 Å². The van der Waals surface area contributed by atoms with Crippen molar-refractivity contribution in [1.82, 2.24) is 14.9 Å². The summed E-state index contributed by atoms with van der Waals surface area (Å²) in [7, 11) is 0. The molecule has 2 aromatic rings. The average Bonchev–Trinajstić information content (AvgIpc) is 2.85.